The molecule has 0 fully saturated rings. The third-order valence-corrected chi connectivity index (χ3v) is 6.24. The molecule has 2 aromatic heterocycles. The van der Waals surface area contributed by atoms with Gasteiger partial charge in [0.15, 0.2) is 0 Å². The largest absolute Gasteiger partial charge is 0.327 e. The second kappa shape index (κ2) is 7.27. The van der Waals surface area contributed by atoms with E-state index in [4.69, 9.17) is 4.98 Å². The molecule has 1 aliphatic carbocycles. The third-order valence-electron chi connectivity index (χ3n) is 6.24. The monoisotopic (exact) mass is 586 g/mol. The number of rotatable bonds is 2. The summed E-state index contributed by atoms with van der Waals surface area (Å²) in [6.45, 7) is 0. The van der Waals surface area contributed by atoms with Crippen molar-refractivity contribution < 1.29 is 20.1 Å². The van der Waals surface area contributed by atoms with Crippen LogP contribution in [0.3, 0.4) is 0 Å². The number of fused-ring (bicyclic) bond motifs is 3. The van der Waals surface area contributed by atoms with Crippen LogP contribution in [0.5, 0.6) is 0 Å². The Labute approximate surface area is 199 Å². The Bertz CT molecular complexity index is 1640. The SMILES string of the molecule is [Ir].[c-]1ccc(-n2c3ccccc3c3ccccc32)cc1-c1cc2c3c(cccc3n1)C=C2. The first-order valence-corrected chi connectivity index (χ1v) is 10.5. The van der Waals surface area contributed by atoms with Crippen LogP contribution in [0.2, 0.25) is 0 Å². The molecule has 0 saturated carbocycles. The van der Waals surface area contributed by atoms with Crippen molar-refractivity contribution in [2.75, 3.05) is 0 Å². The van der Waals surface area contributed by atoms with Crippen molar-refractivity contribution in [2.24, 2.45) is 0 Å². The molecule has 2 heterocycles. The van der Waals surface area contributed by atoms with Crippen molar-refractivity contribution in [1.82, 2.24) is 9.55 Å². The van der Waals surface area contributed by atoms with Gasteiger partial charge in [-0.3, -0.25) is 4.98 Å². The van der Waals surface area contributed by atoms with Gasteiger partial charge in [-0.1, -0.05) is 66.7 Å². The Morgan fingerprint density at radius 2 is 1.41 bits per heavy atom. The van der Waals surface area contributed by atoms with Crippen LogP contribution in [-0.4, -0.2) is 9.55 Å². The zero-order valence-corrected chi connectivity index (χ0v) is 19.4. The molecule has 1 radical (unpaired) electrons. The van der Waals surface area contributed by atoms with E-state index < -0.39 is 0 Å². The van der Waals surface area contributed by atoms with Crippen LogP contribution in [0.4, 0.5) is 0 Å². The maximum Gasteiger partial charge on any atom is 0.0607 e. The van der Waals surface area contributed by atoms with E-state index in [1.807, 2.05) is 6.07 Å². The van der Waals surface area contributed by atoms with Gasteiger partial charge < -0.3 is 4.57 Å². The first-order chi connectivity index (χ1) is 15.4. The Balaban J connectivity index is 0.00000196. The fourth-order valence-electron chi connectivity index (χ4n) is 4.88. The summed E-state index contributed by atoms with van der Waals surface area (Å²) >= 11 is 0. The van der Waals surface area contributed by atoms with Crippen molar-refractivity contribution in [2.45, 2.75) is 0 Å². The van der Waals surface area contributed by atoms with E-state index in [2.05, 4.69) is 108 Å². The number of para-hydroxylation sites is 2. The smallest absolute Gasteiger partial charge is 0.0607 e. The van der Waals surface area contributed by atoms with Crippen LogP contribution in [-0.2, 0) is 20.1 Å². The van der Waals surface area contributed by atoms with Crippen LogP contribution < -0.4 is 0 Å². The summed E-state index contributed by atoms with van der Waals surface area (Å²) in [7, 11) is 0. The van der Waals surface area contributed by atoms with Gasteiger partial charge in [-0.05, 0) is 40.7 Å². The van der Waals surface area contributed by atoms with Gasteiger partial charge in [0.05, 0.1) is 16.6 Å². The summed E-state index contributed by atoms with van der Waals surface area (Å²) in [6.07, 6.45) is 4.35. The van der Waals surface area contributed by atoms with Crippen LogP contribution in [0.25, 0.3) is 61.8 Å². The molecule has 0 N–H and O–H groups in total. The van der Waals surface area contributed by atoms with Crippen molar-refractivity contribution in [3.05, 3.63) is 108 Å². The normalized spacial score (nSPS) is 12.0. The fourth-order valence-corrected chi connectivity index (χ4v) is 4.88. The van der Waals surface area contributed by atoms with Gasteiger partial charge in [-0.15, -0.1) is 29.8 Å². The first-order valence-electron chi connectivity index (χ1n) is 10.5. The minimum Gasteiger partial charge on any atom is -0.327 e. The molecule has 0 bridgehead atoms. The summed E-state index contributed by atoms with van der Waals surface area (Å²) in [6, 6.07) is 35.4. The Morgan fingerprint density at radius 3 is 2.19 bits per heavy atom. The number of pyridine rings is 1. The topological polar surface area (TPSA) is 17.8 Å². The molecule has 32 heavy (non-hydrogen) atoms. The minimum absolute atomic E-state index is 0. The second-order valence-electron chi connectivity index (χ2n) is 8.00. The number of hydrogen-bond acceptors (Lipinski definition) is 1. The van der Waals surface area contributed by atoms with Crippen molar-refractivity contribution >= 4 is 44.9 Å². The quantitative estimate of drug-likeness (QED) is 0.195. The zero-order valence-electron chi connectivity index (χ0n) is 17.0. The summed E-state index contributed by atoms with van der Waals surface area (Å²) in [5.74, 6) is 0. The van der Waals surface area contributed by atoms with Gasteiger partial charge >= 0.3 is 0 Å². The van der Waals surface area contributed by atoms with Crippen LogP contribution in [0, 0.1) is 6.07 Å². The molecule has 0 saturated heterocycles. The summed E-state index contributed by atoms with van der Waals surface area (Å²) in [4.78, 5) is 4.97. The molecule has 6 aromatic rings. The number of benzene rings is 4. The predicted molar refractivity (Wildman–Crippen MR) is 129 cm³/mol. The molecule has 0 aliphatic heterocycles. The number of hydrogen-bond donors (Lipinski definition) is 0. The summed E-state index contributed by atoms with van der Waals surface area (Å²) < 4.78 is 2.33. The van der Waals surface area contributed by atoms with Crippen LogP contribution in [0.1, 0.15) is 11.1 Å². The van der Waals surface area contributed by atoms with Crippen LogP contribution >= 0.6 is 0 Å². The molecule has 2 nitrogen and oxygen atoms in total. The van der Waals surface area contributed by atoms with Gasteiger partial charge in [-0.25, -0.2) is 0 Å². The van der Waals surface area contributed by atoms with E-state index in [1.54, 1.807) is 0 Å². The van der Waals surface area contributed by atoms with E-state index in [1.165, 1.54) is 38.3 Å². The van der Waals surface area contributed by atoms with Gasteiger partial charge in [0.2, 0.25) is 0 Å². The molecule has 1 aliphatic rings. The Kier molecular flexibility index (Phi) is 4.36. The van der Waals surface area contributed by atoms with Gasteiger partial charge in [0.25, 0.3) is 0 Å². The van der Waals surface area contributed by atoms with Gasteiger partial charge in [0, 0.05) is 36.3 Å². The Morgan fingerprint density at radius 1 is 0.688 bits per heavy atom. The van der Waals surface area contributed by atoms with Crippen LogP contribution in [0.15, 0.2) is 91.0 Å². The van der Waals surface area contributed by atoms with E-state index >= 15 is 0 Å². The molecule has 3 heteroatoms. The van der Waals surface area contributed by atoms with E-state index in [9.17, 15) is 0 Å². The molecule has 0 unspecified atom stereocenters. The van der Waals surface area contributed by atoms with E-state index in [-0.39, 0.29) is 20.1 Å². The molecule has 0 atom stereocenters. The fraction of sp³-hybridized carbons (Fsp3) is 0. The summed E-state index contributed by atoms with van der Waals surface area (Å²) in [5.41, 5.74) is 8.99. The molecule has 4 aromatic carbocycles. The third kappa shape index (κ3) is 2.72. The minimum atomic E-state index is 0. The molecule has 0 amide bonds. The van der Waals surface area contributed by atoms with E-state index in [0.29, 0.717) is 0 Å². The molecule has 153 valence electrons. The van der Waals surface area contributed by atoms with Crippen molar-refractivity contribution in [3.63, 3.8) is 0 Å². The van der Waals surface area contributed by atoms with Crippen molar-refractivity contribution in [3.8, 4) is 16.9 Å². The maximum absolute atomic E-state index is 4.97. The molecular formula is C29H17IrN2-. The maximum atomic E-state index is 4.97. The van der Waals surface area contributed by atoms with E-state index in [0.717, 1.165) is 22.5 Å². The molecule has 7 rings (SSSR count). The standard InChI is InChI=1S/C29H17N2.Ir/c1-3-13-27-23(10-1)24-11-2-4-14-28(24)31(27)22-9-5-8-20(17-22)26-18-21-16-15-19-7-6-12-25(30-26)29(19)21;/h1-7,9-18H;/q-1;. The average Bonchev–Trinajstić information content (AvgIpc) is 3.39. The van der Waals surface area contributed by atoms with Gasteiger partial charge in [0.1, 0.15) is 0 Å². The van der Waals surface area contributed by atoms with Gasteiger partial charge in [-0.2, -0.15) is 0 Å². The average molecular weight is 586 g/mol. The predicted octanol–water partition coefficient (Wildman–Crippen LogP) is 7.28. The molecular weight excluding hydrogens is 569 g/mol. The molecule has 0 spiro atoms. The Hall–Kier alpha value is -3.52. The van der Waals surface area contributed by atoms with Crippen molar-refractivity contribution in [1.29, 1.82) is 0 Å². The zero-order chi connectivity index (χ0) is 20.4. The second-order valence-corrected chi connectivity index (χ2v) is 8.00. The summed E-state index contributed by atoms with van der Waals surface area (Å²) in [5, 5.41) is 3.77. The first kappa shape index (κ1) is 19.2. The number of nitrogens with zero attached hydrogens (tertiary/aromatic N) is 2. The number of aromatic nitrogens is 2.